The van der Waals surface area contributed by atoms with E-state index in [9.17, 15) is 0 Å². The molecule has 1 aromatic heterocycles. The van der Waals surface area contributed by atoms with Crippen LogP contribution in [0.1, 0.15) is 23.9 Å². The molecule has 1 rings (SSSR count). The monoisotopic (exact) mass is 198 g/mol. The topological polar surface area (TPSA) is 17.8 Å². The van der Waals surface area contributed by atoms with E-state index < -0.39 is 0 Å². The van der Waals surface area contributed by atoms with Gasteiger partial charge in [0.05, 0.1) is 5.69 Å². The molecule has 1 unspecified atom stereocenters. The van der Waals surface area contributed by atoms with Gasteiger partial charge in [0, 0.05) is 12.2 Å². The molecule has 0 aliphatic heterocycles. The smallest absolute Gasteiger partial charge is 0.0625 e. The van der Waals surface area contributed by atoms with Crippen LogP contribution in [-0.2, 0) is 6.54 Å². The minimum absolute atomic E-state index is 0.584. The Kier molecular flexibility index (Phi) is 3.42. The first-order chi connectivity index (χ1) is 6.06. The van der Waals surface area contributed by atoms with Crippen molar-refractivity contribution in [2.45, 2.75) is 34.2 Å². The molecule has 0 aromatic carbocycles. The van der Waals surface area contributed by atoms with Crippen LogP contribution in [0.3, 0.4) is 0 Å². The molecule has 0 aliphatic rings. The zero-order chi connectivity index (χ0) is 10.0. The molecule has 13 heavy (non-hydrogen) atoms. The highest BCUT2D eigenvalue weighted by Crippen LogP contribution is 2.13. The molecule has 2 nitrogen and oxygen atoms in total. The zero-order valence-electron chi connectivity index (χ0n) is 8.83. The molecule has 0 bridgehead atoms. The fourth-order valence-electron chi connectivity index (χ4n) is 1.32. The molecule has 0 fully saturated rings. The lowest BCUT2D eigenvalue weighted by Gasteiger charge is -2.09. The van der Waals surface area contributed by atoms with Gasteiger partial charge in [0.2, 0.25) is 0 Å². The van der Waals surface area contributed by atoms with Crippen LogP contribution in [0.15, 0.2) is 0 Å². The largest absolute Gasteiger partial charge is 0.269 e. The first-order valence-electron chi connectivity index (χ1n) is 4.67. The Balaban J connectivity index is 2.83. The molecule has 1 heterocycles. The van der Waals surface area contributed by atoms with Gasteiger partial charge >= 0.3 is 0 Å². The maximum atomic E-state index is 4.48. The van der Waals surface area contributed by atoms with Gasteiger partial charge in [0.15, 0.2) is 0 Å². The molecule has 1 aromatic rings. The van der Waals surface area contributed by atoms with Gasteiger partial charge in [-0.05, 0) is 38.0 Å². The van der Waals surface area contributed by atoms with E-state index in [1.54, 1.807) is 0 Å². The van der Waals surface area contributed by atoms with Gasteiger partial charge in [-0.3, -0.25) is 4.68 Å². The van der Waals surface area contributed by atoms with Crippen molar-refractivity contribution in [3.05, 3.63) is 17.0 Å². The van der Waals surface area contributed by atoms with Crippen LogP contribution in [0.4, 0.5) is 0 Å². The maximum absolute atomic E-state index is 4.48. The van der Waals surface area contributed by atoms with Gasteiger partial charge in [0.1, 0.15) is 0 Å². The highest BCUT2D eigenvalue weighted by atomic mass is 32.1. The fraction of sp³-hybridized carbons (Fsp3) is 0.700. The average Bonchev–Trinajstić information content (AvgIpc) is 2.34. The number of aryl methyl sites for hydroxylation is 1. The average molecular weight is 198 g/mol. The molecule has 0 saturated heterocycles. The van der Waals surface area contributed by atoms with Gasteiger partial charge in [-0.25, -0.2) is 0 Å². The van der Waals surface area contributed by atoms with E-state index in [2.05, 4.69) is 50.1 Å². The molecule has 0 saturated carbocycles. The number of nitrogens with zero attached hydrogens (tertiary/aromatic N) is 2. The molecule has 1 atom stereocenters. The molecule has 3 heteroatoms. The number of rotatable bonds is 3. The number of hydrogen-bond acceptors (Lipinski definition) is 2. The highest BCUT2D eigenvalue weighted by molar-refractivity contribution is 7.80. The van der Waals surface area contributed by atoms with Gasteiger partial charge in [0.25, 0.3) is 0 Å². The molecule has 0 radical (unpaired) electrons. The SMILES string of the molecule is Cc1nn(CC(C)CS)c(C)c1C. The summed E-state index contributed by atoms with van der Waals surface area (Å²) in [5.41, 5.74) is 3.74. The predicted molar refractivity (Wildman–Crippen MR) is 59.5 cm³/mol. The summed E-state index contributed by atoms with van der Waals surface area (Å²) in [6.07, 6.45) is 0. The van der Waals surface area contributed by atoms with E-state index in [0.29, 0.717) is 5.92 Å². The van der Waals surface area contributed by atoms with E-state index in [1.807, 2.05) is 0 Å². The fourth-order valence-corrected chi connectivity index (χ4v) is 1.43. The molecule has 0 amide bonds. The third-order valence-corrected chi connectivity index (χ3v) is 3.16. The summed E-state index contributed by atoms with van der Waals surface area (Å²) >= 11 is 4.27. The second-order valence-corrected chi connectivity index (χ2v) is 4.13. The number of aromatic nitrogens is 2. The maximum Gasteiger partial charge on any atom is 0.0625 e. The molecule has 0 spiro atoms. The summed E-state index contributed by atoms with van der Waals surface area (Å²) in [7, 11) is 0. The standard InChI is InChI=1S/C10H18N2S/c1-7(6-13)5-12-10(4)8(2)9(3)11-12/h7,13H,5-6H2,1-4H3. The zero-order valence-corrected chi connectivity index (χ0v) is 9.73. The minimum atomic E-state index is 0.584. The van der Waals surface area contributed by atoms with Gasteiger partial charge in [-0.2, -0.15) is 17.7 Å². The van der Waals surface area contributed by atoms with Crippen LogP contribution in [0.5, 0.6) is 0 Å². The van der Waals surface area contributed by atoms with Crippen molar-refractivity contribution in [3.8, 4) is 0 Å². The van der Waals surface area contributed by atoms with E-state index in [4.69, 9.17) is 0 Å². The normalized spacial score (nSPS) is 13.3. The lowest BCUT2D eigenvalue weighted by Crippen LogP contribution is -2.11. The highest BCUT2D eigenvalue weighted by Gasteiger charge is 2.08. The summed E-state index contributed by atoms with van der Waals surface area (Å²) in [4.78, 5) is 0. The predicted octanol–water partition coefficient (Wildman–Crippen LogP) is 2.37. The minimum Gasteiger partial charge on any atom is -0.269 e. The van der Waals surface area contributed by atoms with Crippen molar-refractivity contribution >= 4 is 12.6 Å². The summed E-state index contributed by atoms with van der Waals surface area (Å²) < 4.78 is 2.09. The van der Waals surface area contributed by atoms with E-state index in [-0.39, 0.29) is 0 Å². The lowest BCUT2D eigenvalue weighted by molar-refractivity contribution is 0.479. The number of hydrogen-bond donors (Lipinski definition) is 1. The second kappa shape index (κ2) is 4.18. The van der Waals surface area contributed by atoms with Gasteiger partial charge < -0.3 is 0 Å². The molecular formula is C10H18N2S. The molecule has 74 valence electrons. The summed E-state index contributed by atoms with van der Waals surface area (Å²) in [5.74, 6) is 1.50. The molecular weight excluding hydrogens is 180 g/mol. The Labute approximate surface area is 85.7 Å². The second-order valence-electron chi connectivity index (χ2n) is 3.77. The first-order valence-corrected chi connectivity index (χ1v) is 5.31. The number of thiol groups is 1. The van der Waals surface area contributed by atoms with Crippen LogP contribution in [0.2, 0.25) is 0 Å². The van der Waals surface area contributed by atoms with Crippen molar-refractivity contribution in [1.29, 1.82) is 0 Å². The third kappa shape index (κ3) is 2.27. The van der Waals surface area contributed by atoms with Crippen LogP contribution < -0.4 is 0 Å². The Morgan fingerprint density at radius 1 is 1.38 bits per heavy atom. The van der Waals surface area contributed by atoms with Crippen molar-refractivity contribution in [1.82, 2.24) is 9.78 Å². The van der Waals surface area contributed by atoms with Crippen LogP contribution in [-0.4, -0.2) is 15.5 Å². The van der Waals surface area contributed by atoms with E-state index in [1.165, 1.54) is 11.3 Å². The Bertz CT molecular complexity index is 291. The summed E-state index contributed by atoms with van der Waals surface area (Å²) in [6.45, 7) is 9.48. The van der Waals surface area contributed by atoms with E-state index >= 15 is 0 Å². The van der Waals surface area contributed by atoms with Crippen LogP contribution >= 0.6 is 12.6 Å². The van der Waals surface area contributed by atoms with Crippen LogP contribution in [0.25, 0.3) is 0 Å². The quantitative estimate of drug-likeness (QED) is 0.738. The van der Waals surface area contributed by atoms with Gasteiger partial charge in [-0.15, -0.1) is 0 Å². The van der Waals surface area contributed by atoms with Crippen molar-refractivity contribution < 1.29 is 0 Å². The third-order valence-electron chi connectivity index (χ3n) is 2.54. The van der Waals surface area contributed by atoms with Gasteiger partial charge in [-0.1, -0.05) is 6.92 Å². The first kappa shape index (κ1) is 10.6. The molecule has 0 aliphatic carbocycles. The Morgan fingerprint density at radius 3 is 2.38 bits per heavy atom. The van der Waals surface area contributed by atoms with E-state index in [0.717, 1.165) is 18.0 Å². The van der Waals surface area contributed by atoms with Crippen molar-refractivity contribution in [2.75, 3.05) is 5.75 Å². The van der Waals surface area contributed by atoms with Crippen molar-refractivity contribution in [2.24, 2.45) is 5.92 Å². The Morgan fingerprint density at radius 2 is 2.00 bits per heavy atom. The van der Waals surface area contributed by atoms with Crippen LogP contribution in [0, 0.1) is 26.7 Å². The van der Waals surface area contributed by atoms with Crippen molar-refractivity contribution in [3.63, 3.8) is 0 Å². The summed E-state index contributed by atoms with van der Waals surface area (Å²) in [5, 5.41) is 4.48. The molecule has 0 N–H and O–H groups in total. The Hall–Kier alpha value is -0.440. The lowest BCUT2D eigenvalue weighted by atomic mass is 10.2. The summed E-state index contributed by atoms with van der Waals surface area (Å²) in [6, 6.07) is 0.